The van der Waals surface area contributed by atoms with E-state index in [1.807, 2.05) is 0 Å². The van der Waals surface area contributed by atoms with Crippen molar-refractivity contribution in [3.63, 3.8) is 0 Å². The van der Waals surface area contributed by atoms with Crippen LogP contribution < -0.4 is 15.4 Å². The Morgan fingerprint density at radius 3 is 2.88 bits per heavy atom. The minimum absolute atomic E-state index is 0.0797. The normalized spacial score (nSPS) is 19.0. The molecular weight excluding hydrogens is 335 g/mol. The molecule has 1 unspecified atom stereocenters. The summed E-state index contributed by atoms with van der Waals surface area (Å²) in [5.74, 6) is -1.27. The number of ether oxygens (including phenoxy) is 1. The lowest BCUT2D eigenvalue weighted by atomic mass is 10.0. The first-order valence-electron chi connectivity index (χ1n) is 7.21. The monoisotopic (exact) mass is 348 g/mol. The van der Waals surface area contributed by atoms with Crippen molar-refractivity contribution < 1.29 is 18.7 Å². The molecule has 2 aromatic carbocycles. The molecule has 0 bridgehead atoms. The van der Waals surface area contributed by atoms with E-state index in [0.717, 1.165) is 0 Å². The number of anilines is 1. The van der Waals surface area contributed by atoms with E-state index in [2.05, 4.69) is 10.6 Å². The minimum atomic E-state index is -1.73. The average molecular weight is 349 g/mol. The van der Waals surface area contributed by atoms with Gasteiger partial charge in [-0.2, -0.15) is 0 Å². The highest BCUT2D eigenvalue weighted by atomic mass is 35.5. The average Bonchev–Trinajstić information content (AvgIpc) is 2.54. The van der Waals surface area contributed by atoms with Crippen molar-refractivity contribution in [2.24, 2.45) is 0 Å². The number of amides is 2. The zero-order chi connectivity index (χ0) is 17.3. The first-order valence-corrected chi connectivity index (χ1v) is 7.59. The fraction of sp³-hybridized carbons (Fsp3) is 0.176. The lowest BCUT2D eigenvalue weighted by Crippen LogP contribution is -2.58. The van der Waals surface area contributed by atoms with Crippen LogP contribution in [0.5, 0.6) is 5.75 Å². The third-order valence-corrected chi connectivity index (χ3v) is 3.95. The summed E-state index contributed by atoms with van der Waals surface area (Å²) in [5, 5.41) is 5.64. The van der Waals surface area contributed by atoms with Crippen molar-refractivity contribution in [2.45, 2.75) is 19.1 Å². The molecule has 2 N–H and O–H groups in total. The first-order chi connectivity index (χ1) is 11.4. The molecule has 0 radical (unpaired) electrons. The van der Waals surface area contributed by atoms with E-state index in [1.165, 1.54) is 19.1 Å². The molecule has 0 saturated heterocycles. The zero-order valence-corrected chi connectivity index (χ0v) is 13.5. The van der Waals surface area contributed by atoms with Crippen LogP contribution in [-0.4, -0.2) is 17.4 Å². The summed E-state index contributed by atoms with van der Waals surface area (Å²) in [7, 11) is 0. The van der Waals surface area contributed by atoms with Crippen LogP contribution >= 0.6 is 11.6 Å². The Bertz CT molecular complexity index is 827. The van der Waals surface area contributed by atoms with Crippen molar-refractivity contribution in [2.75, 3.05) is 5.32 Å². The fourth-order valence-corrected chi connectivity index (χ4v) is 2.52. The van der Waals surface area contributed by atoms with Gasteiger partial charge in [-0.25, -0.2) is 4.39 Å². The van der Waals surface area contributed by atoms with Gasteiger partial charge in [-0.3, -0.25) is 9.59 Å². The van der Waals surface area contributed by atoms with Crippen LogP contribution in [-0.2, 0) is 16.1 Å². The molecule has 2 aromatic rings. The van der Waals surface area contributed by atoms with Crippen LogP contribution in [0.3, 0.4) is 0 Å². The second-order valence-electron chi connectivity index (χ2n) is 5.54. The molecule has 0 spiro atoms. The van der Waals surface area contributed by atoms with Crippen LogP contribution in [0.4, 0.5) is 10.1 Å². The Labute approximate surface area is 142 Å². The van der Waals surface area contributed by atoms with Gasteiger partial charge in [0.25, 0.3) is 17.4 Å². The molecule has 1 atom stereocenters. The molecule has 0 fully saturated rings. The van der Waals surface area contributed by atoms with Crippen LogP contribution in [0.25, 0.3) is 0 Å². The number of rotatable bonds is 3. The van der Waals surface area contributed by atoms with Crippen molar-refractivity contribution in [3.05, 3.63) is 58.9 Å². The SMILES string of the molecule is CC1(C(=O)NCc2cccc(F)c2)Oc2ccc(Cl)cc2NC1=O. The topological polar surface area (TPSA) is 67.4 Å². The summed E-state index contributed by atoms with van der Waals surface area (Å²) in [6.45, 7) is 1.46. The lowest BCUT2D eigenvalue weighted by Gasteiger charge is -2.33. The molecule has 1 aliphatic rings. The smallest absolute Gasteiger partial charge is 0.278 e. The molecule has 0 saturated carbocycles. The summed E-state index contributed by atoms with van der Waals surface area (Å²) in [6.07, 6.45) is 0. The van der Waals surface area contributed by atoms with Gasteiger partial charge in [0.05, 0.1) is 5.69 Å². The zero-order valence-electron chi connectivity index (χ0n) is 12.7. The van der Waals surface area contributed by atoms with Gasteiger partial charge in [0, 0.05) is 11.6 Å². The first kappa shape index (κ1) is 16.3. The van der Waals surface area contributed by atoms with E-state index in [4.69, 9.17) is 16.3 Å². The summed E-state index contributed by atoms with van der Waals surface area (Å²) < 4.78 is 18.8. The molecule has 1 heterocycles. The Balaban J connectivity index is 1.76. The van der Waals surface area contributed by atoms with Gasteiger partial charge >= 0.3 is 0 Å². The number of carbonyl (C=O) groups is 2. The number of hydrogen-bond acceptors (Lipinski definition) is 3. The third kappa shape index (κ3) is 3.05. The molecule has 5 nitrogen and oxygen atoms in total. The number of fused-ring (bicyclic) bond motifs is 1. The molecule has 7 heteroatoms. The van der Waals surface area contributed by atoms with Gasteiger partial charge in [-0.1, -0.05) is 23.7 Å². The van der Waals surface area contributed by atoms with Crippen molar-refractivity contribution in [3.8, 4) is 5.75 Å². The van der Waals surface area contributed by atoms with Crippen molar-refractivity contribution in [1.82, 2.24) is 5.32 Å². The molecule has 2 amide bonds. The highest BCUT2D eigenvalue weighted by Gasteiger charge is 2.47. The van der Waals surface area contributed by atoms with Crippen LogP contribution in [0.2, 0.25) is 5.02 Å². The Kier molecular flexibility index (Phi) is 4.15. The number of benzene rings is 2. The number of halogens is 2. The number of carbonyl (C=O) groups excluding carboxylic acids is 2. The Morgan fingerprint density at radius 1 is 1.33 bits per heavy atom. The third-order valence-electron chi connectivity index (χ3n) is 3.71. The standard InChI is InChI=1S/C17H14ClFN2O3/c1-17(15(22)20-9-10-3-2-4-12(19)7-10)16(23)21-13-8-11(18)5-6-14(13)24-17/h2-8H,9H2,1H3,(H,20,22)(H,21,23). The Hall–Kier alpha value is -2.60. The van der Waals surface area contributed by atoms with Gasteiger partial charge in [0.1, 0.15) is 11.6 Å². The van der Waals surface area contributed by atoms with Crippen molar-refractivity contribution >= 4 is 29.1 Å². The van der Waals surface area contributed by atoms with Gasteiger partial charge in [-0.15, -0.1) is 0 Å². The van der Waals surface area contributed by atoms with Gasteiger partial charge < -0.3 is 15.4 Å². The second kappa shape index (κ2) is 6.13. The summed E-state index contributed by atoms with van der Waals surface area (Å²) in [6, 6.07) is 10.6. The highest BCUT2D eigenvalue weighted by molar-refractivity contribution is 6.31. The maximum absolute atomic E-state index is 13.2. The quantitative estimate of drug-likeness (QED) is 0.838. The second-order valence-corrected chi connectivity index (χ2v) is 5.98. The van der Waals surface area contributed by atoms with E-state index in [1.54, 1.807) is 30.3 Å². The molecular formula is C17H14ClFN2O3. The highest BCUT2D eigenvalue weighted by Crippen LogP contribution is 2.35. The van der Waals surface area contributed by atoms with E-state index >= 15 is 0 Å². The molecule has 0 aromatic heterocycles. The Morgan fingerprint density at radius 2 is 2.12 bits per heavy atom. The van der Waals surface area contributed by atoms with Crippen LogP contribution in [0.1, 0.15) is 12.5 Å². The van der Waals surface area contributed by atoms with E-state index in [0.29, 0.717) is 22.0 Å². The molecule has 124 valence electrons. The van der Waals surface area contributed by atoms with Crippen LogP contribution in [0.15, 0.2) is 42.5 Å². The van der Waals surface area contributed by atoms with E-state index in [9.17, 15) is 14.0 Å². The van der Waals surface area contributed by atoms with E-state index < -0.39 is 23.2 Å². The van der Waals surface area contributed by atoms with E-state index in [-0.39, 0.29) is 6.54 Å². The maximum atomic E-state index is 13.2. The van der Waals surface area contributed by atoms with Crippen molar-refractivity contribution in [1.29, 1.82) is 0 Å². The summed E-state index contributed by atoms with van der Waals surface area (Å²) in [4.78, 5) is 24.7. The molecule has 1 aliphatic heterocycles. The van der Waals surface area contributed by atoms with Gasteiger partial charge in [-0.05, 0) is 42.8 Å². The fourth-order valence-electron chi connectivity index (χ4n) is 2.34. The predicted octanol–water partition coefficient (Wildman–Crippen LogP) is 2.89. The number of nitrogens with one attached hydrogen (secondary N) is 2. The minimum Gasteiger partial charge on any atom is -0.466 e. The number of hydrogen-bond donors (Lipinski definition) is 2. The summed E-state index contributed by atoms with van der Waals surface area (Å²) >= 11 is 5.87. The van der Waals surface area contributed by atoms with Gasteiger partial charge in [0.2, 0.25) is 0 Å². The largest absolute Gasteiger partial charge is 0.466 e. The van der Waals surface area contributed by atoms with Crippen LogP contribution in [0, 0.1) is 5.82 Å². The van der Waals surface area contributed by atoms with Gasteiger partial charge in [0.15, 0.2) is 0 Å². The predicted molar refractivity (Wildman–Crippen MR) is 87.4 cm³/mol. The summed E-state index contributed by atoms with van der Waals surface area (Å²) in [5.41, 5.74) is -0.744. The molecule has 3 rings (SSSR count). The maximum Gasteiger partial charge on any atom is 0.278 e. The molecule has 24 heavy (non-hydrogen) atoms. The lowest BCUT2D eigenvalue weighted by molar-refractivity contribution is -0.146. The molecule has 0 aliphatic carbocycles.